The Morgan fingerprint density at radius 3 is 2.72 bits per heavy atom. The normalized spacial score (nSPS) is 13.7. The van der Waals surface area contributed by atoms with Gasteiger partial charge < -0.3 is 20.2 Å². The molecule has 0 saturated carbocycles. The third-order valence-corrected chi connectivity index (χ3v) is 2.80. The smallest absolute Gasteiger partial charge is 0.326 e. The molecule has 6 nitrogen and oxygen atoms in total. The Morgan fingerprint density at radius 1 is 1.50 bits per heavy atom. The second-order valence-corrected chi connectivity index (χ2v) is 4.16. The third kappa shape index (κ3) is 4.12. The van der Waals surface area contributed by atoms with Crippen molar-refractivity contribution in [3.63, 3.8) is 0 Å². The Kier molecular flexibility index (Phi) is 5.23. The number of aliphatic carboxylic acids is 1. The number of carbonyl (C=O) groups excluding carboxylic acids is 1. The lowest BCUT2D eigenvalue weighted by molar-refractivity contribution is -0.140. The molecule has 0 saturated heterocycles. The van der Waals surface area contributed by atoms with Crippen LogP contribution >= 0.6 is 0 Å². The number of furan rings is 1. The molecule has 6 heteroatoms. The van der Waals surface area contributed by atoms with Crippen molar-refractivity contribution in [3.05, 3.63) is 24.2 Å². The molecule has 1 rings (SSSR count). The highest BCUT2D eigenvalue weighted by Gasteiger charge is 2.24. The highest BCUT2D eigenvalue weighted by molar-refractivity contribution is 5.82. The highest BCUT2D eigenvalue weighted by atomic mass is 16.4. The van der Waals surface area contributed by atoms with Gasteiger partial charge in [0.15, 0.2) is 0 Å². The van der Waals surface area contributed by atoms with Gasteiger partial charge in [0, 0.05) is 12.1 Å². The maximum absolute atomic E-state index is 11.6. The number of hydrogen-bond acceptors (Lipinski definition) is 3. The molecular formula is C12H18N2O4. The van der Waals surface area contributed by atoms with Gasteiger partial charge in [-0.3, -0.25) is 0 Å². The van der Waals surface area contributed by atoms with Gasteiger partial charge in [0.05, 0.1) is 12.5 Å². The van der Waals surface area contributed by atoms with E-state index in [1.165, 1.54) is 12.5 Å². The van der Waals surface area contributed by atoms with Crippen molar-refractivity contribution in [2.45, 2.75) is 32.9 Å². The quantitative estimate of drug-likeness (QED) is 0.718. The second kappa shape index (κ2) is 6.68. The van der Waals surface area contributed by atoms with Crippen molar-refractivity contribution in [3.8, 4) is 0 Å². The molecule has 1 aromatic rings. The van der Waals surface area contributed by atoms with E-state index in [2.05, 4.69) is 10.6 Å². The first-order valence-corrected chi connectivity index (χ1v) is 5.82. The lowest BCUT2D eigenvalue weighted by Gasteiger charge is -2.20. The van der Waals surface area contributed by atoms with E-state index in [0.29, 0.717) is 13.0 Å². The average molecular weight is 254 g/mol. The monoisotopic (exact) mass is 254 g/mol. The van der Waals surface area contributed by atoms with E-state index in [4.69, 9.17) is 9.52 Å². The molecule has 0 aliphatic rings. The van der Waals surface area contributed by atoms with Crippen LogP contribution < -0.4 is 10.6 Å². The fourth-order valence-corrected chi connectivity index (χ4v) is 1.45. The minimum absolute atomic E-state index is 0.123. The summed E-state index contributed by atoms with van der Waals surface area (Å²) in [6, 6.07) is 0.354. The summed E-state index contributed by atoms with van der Waals surface area (Å²) in [5.41, 5.74) is 0.820. The van der Waals surface area contributed by atoms with Crippen LogP contribution in [0, 0.1) is 5.92 Å². The minimum Gasteiger partial charge on any atom is -0.480 e. The third-order valence-electron chi connectivity index (χ3n) is 2.80. The molecular weight excluding hydrogens is 236 g/mol. The van der Waals surface area contributed by atoms with Gasteiger partial charge >= 0.3 is 12.0 Å². The first-order valence-electron chi connectivity index (χ1n) is 5.82. The lowest BCUT2D eigenvalue weighted by Crippen LogP contribution is -2.48. The molecule has 2 amide bonds. The summed E-state index contributed by atoms with van der Waals surface area (Å²) in [6.45, 7) is 3.97. The van der Waals surface area contributed by atoms with Crippen LogP contribution in [0.3, 0.4) is 0 Å². The molecule has 2 unspecified atom stereocenters. The van der Waals surface area contributed by atoms with Crippen LogP contribution in [0.25, 0.3) is 0 Å². The minimum atomic E-state index is -1.03. The Morgan fingerprint density at radius 2 is 2.22 bits per heavy atom. The van der Waals surface area contributed by atoms with Crippen LogP contribution in [0.15, 0.2) is 23.0 Å². The summed E-state index contributed by atoms with van der Waals surface area (Å²) in [6.07, 6.45) is 3.71. The van der Waals surface area contributed by atoms with Gasteiger partial charge in [-0.2, -0.15) is 0 Å². The van der Waals surface area contributed by atoms with Crippen molar-refractivity contribution in [1.29, 1.82) is 0 Å². The van der Waals surface area contributed by atoms with E-state index in [-0.39, 0.29) is 5.92 Å². The van der Waals surface area contributed by atoms with Gasteiger partial charge in [-0.15, -0.1) is 0 Å². The molecule has 0 fully saturated rings. The fourth-order valence-electron chi connectivity index (χ4n) is 1.45. The molecule has 1 aromatic heterocycles. The van der Waals surface area contributed by atoms with E-state index in [1.54, 1.807) is 13.0 Å². The predicted octanol–water partition coefficient (Wildman–Crippen LogP) is 1.58. The molecule has 0 aliphatic carbocycles. The Bertz CT molecular complexity index is 389. The van der Waals surface area contributed by atoms with Crippen molar-refractivity contribution in [2.75, 3.05) is 0 Å². The number of amides is 2. The highest BCUT2D eigenvalue weighted by Crippen LogP contribution is 2.07. The number of urea groups is 1. The molecule has 18 heavy (non-hydrogen) atoms. The molecule has 0 radical (unpaired) electrons. The number of carboxylic acids is 1. The Labute approximate surface area is 105 Å². The first-order chi connectivity index (χ1) is 8.54. The summed E-state index contributed by atoms with van der Waals surface area (Å²) in [5.74, 6) is -1.15. The van der Waals surface area contributed by atoms with Crippen molar-refractivity contribution in [1.82, 2.24) is 10.6 Å². The van der Waals surface area contributed by atoms with E-state index in [9.17, 15) is 9.59 Å². The van der Waals surface area contributed by atoms with Gasteiger partial charge in [0.1, 0.15) is 6.04 Å². The van der Waals surface area contributed by atoms with Crippen LogP contribution in [-0.4, -0.2) is 23.1 Å². The maximum Gasteiger partial charge on any atom is 0.326 e. The number of carboxylic acid groups (broad SMARTS) is 1. The van der Waals surface area contributed by atoms with Gasteiger partial charge in [-0.1, -0.05) is 20.3 Å². The Hall–Kier alpha value is -1.98. The first kappa shape index (κ1) is 14.1. The molecule has 0 spiro atoms. The number of rotatable bonds is 6. The molecule has 3 N–H and O–H groups in total. The van der Waals surface area contributed by atoms with E-state index in [1.807, 2.05) is 6.92 Å². The van der Waals surface area contributed by atoms with Crippen LogP contribution in [-0.2, 0) is 11.3 Å². The topological polar surface area (TPSA) is 91.6 Å². The zero-order chi connectivity index (χ0) is 13.5. The van der Waals surface area contributed by atoms with Gasteiger partial charge in [-0.25, -0.2) is 9.59 Å². The van der Waals surface area contributed by atoms with Crippen molar-refractivity contribution < 1.29 is 19.1 Å². The van der Waals surface area contributed by atoms with Crippen molar-refractivity contribution >= 4 is 12.0 Å². The van der Waals surface area contributed by atoms with Gasteiger partial charge in [0.2, 0.25) is 0 Å². The summed E-state index contributed by atoms with van der Waals surface area (Å²) in [7, 11) is 0. The number of nitrogens with one attached hydrogen (secondary N) is 2. The standard InChI is InChI=1S/C12H18N2O4/c1-3-8(2)10(11(15)16)14-12(17)13-6-9-4-5-18-7-9/h4-5,7-8,10H,3,6H2,1-2H3,(H,15,16)(H2,13,14,17). The zero-order valence-electron chi connectivity index (χ0n) is 10.5. The lowest BCUT2D eigenvalue weighted by atomic mass is 9.99. The van der Waals surface area contributed by atoms with Crippen LogP contribution in [0.4, 0.5) is 4.79 Å². The summed E-state index contributed by atoms with van der Waals surface area (Å²) < 4.78 is 4.86. The molecule has 0 bridgehead atoms. The largest absolute Gasteiger partial charge is 0.480 e. The van der Waals surface area contributed by atoms with Crippen LogP contribution in [0.1, 0.15) is 25.8 Å². The molecule has 1 heterocycles. The second-order valence-electron chi connectivity index (χ2n) is 4.16. The van der Waals surface area contributed by atoms with E-state index >= 15 is 0 Å². The number of carbonyl (C=O) groups is 2. The Balaban J connectivity index is 2.44. The summed E-state index contributed by atoms with van der Waals surface area (Å²) >= 11 is 0. The van der Waals surface area contributed by atoms with Crippen LogP contribution in [0.2, 0.25) is 0 Å². The van der Waals surface area contributed by atoms with E-state index in [0.717, 1.165) is 5.56 Å². The number of hydrogen-bond donors (Lipinski definition) is 3. The zero-order valence-corrected chi connectivity index (χ0v) is 10.5. The van der Waals surface area contributed by atoms with Crippen LogP contribution in [0.5, 0.6) is 0 Å². The van der Waals surface area contributed by atoms with Crippen molar-refractivity contribution in [2.24, 2.45) is 5.92 Å². The predicted molar refractivity (Wildman–Crippen MR) is 65.0 cm³/mol. The molecule has 2 atom stereocenters. The SMILES string of the molecule is CCC(C)C(NC(=O)NCc1ccoc1)C(=O)O. The van der Waals surface area contributed by atoms with Gasteiger partial charge in [-0.05, 0) is 12.0 Å². The molecule has 0 aromatic carbocycles. The summed E-state index contributed by atoms with van der Waals surface area (Å²) in [5, 5.41) is 14.0. The maximum atomic E-state index is 11.6. The summed E-state index contributed by atoms with van der Waals surface area (Å²) in [4.78, 5) is 22.6. The molecule has 0 aliphatic heterocycles. The average Bonchev–Trinajstić information content (AvgIpc) is 2.85. The molecule has 100 valence electrons. The fraction of sp³-hybridized carbons (Fsp3) is 0.500. The van der Waals surface area contributed by atoms with Gasteiger partial charge in [0.25, 0.3) is 0 Å². The van der Waals surface area contributed by atoms with E-state index < -0.39 is 18.0 Å².